The van der Waals surface area contributed by atoms with E-state index in [-0.39, 0.29) is 23.8 Å². The van der Waals surface area contributed by atoms with Crippen molar-refractivity contribution in [2.45, 2.75) is 37.8 Å². The largest absolute Gasteiger partial charge is 0.492 e. The SMILES string of the molecule is CCCS(=O)(=O)NC1CN(c2ccc3c(c2)[C@@H](Cc2ccccc2)[C@@H](N)CO3)C1. The second kappa shape index (κ2) is 8.34. The van der Waals surface area contributed by atoms with E-state index in [0.717, 1.165) is 23.4 Å². The zero-order valence-electron chi connectivity index (χ0n) is 16.8. The predicted octanol–water partition coefficient (Wildman–Crippen LogP) is 2.25. The van der Waals surface area contributed by atoms with Gasteiger partial charge in [-0.05, 0) is 36.6 Å². The first kappa shape index (κ1) is 20.2. The number of ether oxygens (including phenoxy) is 1. The fourth-order valence-corrected chi connectivity index (χ4v) is 5.47. The van der Waals surface area contributed by atoms with Crippen LogP contribution in [0.3, 0.4) is 0 Å². The summed E-state index contributed by atoms with van der Waals surface area (Å²) in [6, 6.07) is 16.5. The molecule has 0 aromatic heterocycles. The molecule has 2 atom stereocenters. The monoisotopic (exact) mass is 415 g/mol. The number of hydrogen-bond donors (Lipinski definition) is 2. The Hall–Kier alpha value is -2.09. The summed E-state index contributed by atoms with van der Waals surface area (Å²) in [5.41, 5.74) is 9.91. The number of fused-ring (bicyclic) bond motifs is 1. The fourth-order valence-electron chi connectivity index (χ4n) is 4.16. The quantitative estimate of drug-likeness (QED) is 0.725. The lowest BCUT2D eigenvalue weighted by Gasteiger charge is -2.42. The number of nitrogens with zero attached hydrogens (tertiary/aromatic N) is 1. The highest BCUT2D eigenvalue weighted by Gasteiger charge is 2.33. The van der Waals surface area contributed by atoms with E-state index in [9.17, 15) is 8.42 Å². The summed E-state index contributed by atoms with van der Waals surface area (Å²) in [6.45, 7) is 3.75. The minimum absolute atomic E-state index is 0.0267. The second-order valence-corrected chi connectivity index (χ2v) is 9.91. The van der Waals surface area contributed by atoms with Crippen LogP contribution in [0.1, 0.15) is 30.4 Å². The molecule has 4 rings (SSSR count). The maximum absolute atomic E-state index is 12.0. The van der Waals surface area contributed by atoms with Gasteiger partial charge in [0.15, 0.2) is 0 Å². The van der Waals surface area contributed by atoms with E-state index in [2.05, 4.69) is 40.0 Å². The number of anilines is 1. The van der Waals surface area contributed by atoms with E-state index in [4.69, 9.17) is 10.5 Å². The van der Waals surface area contributed by atoms with Crippen molar-refractivity contribution in [3.05, 3.63) is 59.7 Å². The van der Waals surface area contributed by atoms with Gasteiger partial charge in [0.05, 0.1) is 11.8 Å². The van der Waals surface area contributed by atoms with Crippen LogP contribution < -0.4 is 20.1 Å². The Balaban J connectivity index is 1.48. The van der Waals surface area contributed by atoms with E-state index < -0.39 is 10.0 Å². The summed E-state index contributed by atoms with van der Waals surface area (Å²) >= 11 is 0. The van der Waals surface area contributed by atoms with Gasteiger partial charge in [-0.2, -0.15) is 0 Å². The average Bonchev–Trinajstić information content (AvgIpc) is 2.67. The Morgan fingerprint density at radius 2 is 1.93 bits per heavy atom. The lowest BCUT2D eigenvalue weighted by molar-refractivity contribution is 0.238. The van der Waals surface area contributed by atoms with Gasteiger partial charge >= 0.3 is 0 Å². The number of benzene rings is 2. The van der Waals surface area contributed by atoms with Gasteiger partial charge in [-0.3, -0.25) is 0 Å². The molecular formula is C22H29N3O3S. The van der Waals surface area contributed by atoms with Crippen molar-refractivity contribution in [2.75, 3.05) is 30.3 Å². The molecular weight excluding hydrogens is 386 g/mol. The summed E-state index contributed by atoms with van der Waals surface area (Å²) in [5, 5.41) is 0. The number of rotatable bonds is 7. The molecule has 0 radical (unpaired) electrons. The van der Waals surface area contributed by atoms with Crippen molar-refractivity contribution >= 4 is 15.7 Å². The maximum atomic E-state index is 12.0. The maximum Gasteiger partial charge on any atom is 0.211 e. The number of nitrogens with two attached hydrogens (primary N) is 1. The molecule has 0 unspecified atom stereocenters. The van der Waals surface area contributed by atoms with Gasteiger partial charge in [0.1, 0.15) is 12.4 Å². The minimum Gasteiger partial charge on any atom is -0.492 e. The van der Waals surface area contributed by atoms with Gasteiger partial charge in [-0.25, -0.2) is 13.1 Å². The van der Waals surface area contributed by atoms with Crippen molar-refractivity contribution in [1.82, 2.24) is 4.72 Å². The van der Waals surface area contributed by atoms with Crippen LogP contribution in [0.25, 0.3) is 0 Å². The van der Waals surface area contributed by atoms with E-state index in [1.54, 1.807) is 0 Å². The van der Waals surface area contributed by atoms with Crippen LogP contribution in [0.15, 0.2) is 48.5 Å². The molecule has 156 valence electrons. The number of hydrogen-bond acceptors (Lipinski definition) is 5. The first-order valence-corrected chi connectivity index (χ1v) is 11.9. The van der Waals surface area contributed by atoms with Gasteiger partial charge in [0.25, 0.3) is 0 Å². The van der Waals surface area contributed by atoms with Crippen LogP contribution >= 0.6 is 0 Å². The van der Waals surface area contributed by atoms with Crippen LogP contribution in [0.5, 0.6) is 5.75 Å². The zero-order valence-corrected chi connectivity index (χ0v) is 17.6. The van der Waals surface area contributed by atoms with Gasteiger partial charge in [0, 0.05) is 36.3 Å². The second-order valence-electron chi connectivity index (χ2n) is 8.03. The Bertz CT molecular complexity index is 943. The van der Waals surface area contributed by atoms with Crippen molar-refractivity contribution in [2.24, 2.45) is 5.73 Å². The highest BCUT2D eigenvalue weighted by molar-refractivity contribution is 7.89. The van der Waals surface area contributed by atoms with E-state index in [1.807, 2.05) is 25.1 Å². The van der Waals surface area contributed by atoms with Gasteiger partial charge in [-0.15, -0.1) is 0 Å². The first-order chi connectivity index (χ1) is 13.9. The van der Waals surface area contributed by atoms with Crippen molar-refractivity contribution in [3.8, 4) is 5.75 Å². The summed E-state index contributed by atoms with van der Waals surface area (Å²) in [4.78, 5) is 2.19. The van der Waals surface area contributed by atoms with E-state index in [0.29, 0.717) is 26.1 Å². The summed E-state index contributed by atoms with van der Waals surface area (Å²) in [6.07, 6.45) is 1.50. The Labute approximate surface area is 173 Å². The Kier molecular flexibility index (Phi) is 5.81. The number of sulfonamides is 1. The van der Waals surface area contributed by atoms with Crippen LogP contribution in [0, 0.1) is 0 Å². The molecule has 0 saturated carbocycles. The van der Waals surface area contributed by atoms with E-state index in [1.165, 1.54) is 5.56 Å². The molecule has 2 aromatic carbocycles. The zero-order chi connectivity index (χ0) is 20.4. The molecule has 0 aliphatic carbocycles. The predicted molar refractivity (Wildman–Crippen MR) is 116 cm³/mol. The molecule has 0 bridgehead atoms. The van der Waals surface area contributed by atoms with Crippen LogP contribution in [-0.2, 0) is 16.4 Å². The molecule has 6 nitrogen and oxygen atoms in total. The molecule has 2 aromatic rings. The molecule has 2 heterocycles. The van der Waals surface area contributed by atoms with Crippen LogP contribution in [0.4, 0.5) is 5.69 Å². The molecule has 2 aliphatic heterocycles. The molecule has 7 heteroatoms. The van der Waals surface area contributed by atoms with Crippen molar-refractivity contribution in [1.29, 1.82) is 0 Å². The van der Waals surface area contributed by atoms with Gasteiger partial charge < -0.3 is 15.4 Å². The highest BCUT2D eigenvalue weighted by Crippen LogP contribution is 2.38. The molecule has 0 spiro atoms. The molecule has 0 amide bonds. The Morgan fingerprint density at radius 3 is 2.66 bits per heavy atom. The smallest absolute Gasteiger partial charge is 0.211 e. The molecule has 1 saturated heterocycles. The van der Waals surface area contributed by atoms with Crippen LogP contribution in [-0.4, -0.2) is 46.0 Å². The Morgan fingerprint density at radius 1 is 1.17 bits per heavy atom. The van der Waals surface area contributed by atoms with Gasteiger partial charge in [-0.1, -0.05) is 37.3 Å². The third kappa shape index (κ3) is 4.57. The fraction of sp³-hybridized carbons (Fsp3) is 0.455. The summed E-state index contributed by atoms with van der Waals surface area (Å²) in [5.74, 6) is 1.27. The molecule has 2 aliphatic rings. The third-order valence-corrected chi connectivity index (χ3v) is 7.34. The summed E-state index contributed by atoms with van der Waals surface area (Å²) < 4.78 is 32.6. The van der Waals surface area contributed by atoms with Crippen molar-refractivity contribution < 1.29 is 13.2 Å². The first-order valence-electron chi connectivity index (χ1n) is 10.3. The molecule has 3 N–H and O–H groups in total. The minimum atomic E-state index is -3.18. The number of nitrogens with one attached hydrogen (secondary N) is 1. The lowest BCUT2D eigenvalue weighted by atomic mass is 9.84. The lowest BCUT2D eigenvalue weighted by Crippen LogP contribution is -2.59. The van der Waals surface area contributed by atoms with Gasteiger partial charge in [0.2, 0.25) is 10.0 Å². The average molecular weight is 416 g/mol. The highest BCUT2D eigenvalue weighted by atomic mass is 32.2. The van der Waals surface area contributed by atoms with E-state index >= 15 is 0 Å². The topological polar surface area (TPSA) is 84.7 Å². The normalized spacial score (nSPS) is 21.9. The van der Waals surface area contributed by atoms with Crippen molar-refractivity contribution in [3.63, 3.8) is 0 Å². The molecule has 29 heavy (non-hydrogen) atoms. The standard InChI is InChI=1S/C22H29N3O3S/c1-2-10-29(26,27)24-17-13-25(14-17)18-8-9-22-20(12-18)19(21(23)15-28-22)11-16-6-4-3-5-7-16/h3-9,12,17,19,21,24H,2,10-11,13-15,23H2,1H3/t19-,21+/m1/s1. The summed E-state index contributed by atoms with van der Waals surface area (Å²) in [7, 11) is -3.18. The molecule has 1 fully saturated rings. The third-order valence-electron chi connectivity index (χ3n) is 5.71. The van der Waals surface area contributed by atoms with Crippen LogP contribution in [0.2, 0.25) is 0 Å².